The van der Waals surface area contributed by atoms with E-state index in [1.165, 1.54) is 25.6 Å². The first-order valence-electron chi connectivity index (χ1n) is 3.02. The SMILES string of the molecule is C=CN=C1C=CC(=C)O[C]1=[W]. The Balaban J connectivity index is 2.93. The summed E-state index contributed by atoms with van der Waals surface area (Å²) in [6, 6.07) is 0. The third kappa shape index (κ3) is 2.09. The summed E-state index contributed by atoms with van der Waals surface area (Å²) in [5.74, 6) is 0.665. The molecule has 0 aliphatic carbocycles. The van der Waals surface area contributed by atoms with Crippen LogP contribution in [0.25, 0.3) is 0 Å². The molecule has 0 bridgehead atoms. The summed E-state index contributed by atoms with van der Waals surface area (Å²) in [7, 11) is 0. The van der Waals surface area contributed by atoms with Crippen molar-refractivity contribution in [2.24, 2.45) is 4.99 Å². The number of ether oxygens (including phenoxy) is 1. The van der Waals surface area contributed by atoms with Gasteiger partial charge in [-0.25, -0.2) is 0 Å². The van der Waals surface area contributed by atoms with Gasteiger partial charge >= 0.3 is 76.1 Å². The van der Waals surface area contributed by atoms with E-state index in [4.69, 9.17) is 4.74 Å². The molecule has 0 atom stereocenters. The Hall–Kier alpha value is -0.752. The monoisotopic (exact) mass is 317 g/mol. The van der Waals surface area contributed by atoms with E-state index in [9.17, 15) is 0 Å². The molecule has 3 heteroatoms. The van der Waals surface area contributed by atoms with Crippen LogP contribution < -0.4 is 0 Å². The van der Waals surface area contributed by atoms with Crippen LogP contribution in [0.5, 0.6) is 0 Å². The second-order valence-electron chi connectivity index (χ2n) is 1.89. The molecule has 0 saturated carbocycles. The van der Waals surface area contributed by atoms with E-state index in [2.05, 4.69) is 18.2 Å². The fourth-order valence-electron chi connectivity index (χ4n) is 0.639. The topological polar surface area (TPSA) is 21.6 Å². The molecule has 0 aromatic rings. The van der Waals surface area contributed by atoms with E-state index in [1.54, 1.807) is 6.08 Å². The molecule has 0 fully saturated rings. The van der Waals surface area contributed by atoms with Gasteiger partial charge in [-0.3, -0.25) is 0 Å². The van der Waals surface area contributed by atoms with Crippen molar-refractivity contribution in [2.75, 3.05) is 0 Å². The van der Waals surface area contributed by atoms with Crippen LogP contribution in [-0.2, 0) is 24.1 Å². The molecule has 2 nitrogen and oxygen atoms in total. The Morgan fingerprint density at radius 2 is 2.27 bits per heavy atom. The predicted molar refractivity (Wildman–Crippen MR) is 42.0 cm³/mol. The van der Waals surface area contributed by atoms with Gasteiger partial charge in [0.05, 0.1) is 0 Å². The zero-order valence-corrected chi connectivity index (χ0v) is 8.84. The second-order valence-corrected chi connectivity index (χ2v) is 3.22. The van der Waals surface area contributed by atoms with Crippen LogP contribution in [0.4, 0.5) is 0 Å². The standard InChI is InChI=1S/C8H7NO.W/c1-3-9-8-5-4-7(2)10-6-8;/h3-5H,1-2H2;. The zero-order chi connectivity index (χ0) is 8.27. The van der Waals surface area contributed by atoms with E-state index in [0.29, 0.717) is 5.76 Å². The van der Waals surface area contributed by atoms with Gasteiger partial charge < -0.3 is 0 Å². The molecular formula is C8H7NOW. The van der Waals surface area contributed by atoms with Crippen LogP contribution in [0.3, 0.4) is 0 Å². The Labute approximate surface area is 76.4 Å². The van der Waals surface area contributed by atoms with Gasteiger partial charge in [0.2, 0.25) is 0 Å². The molecule has 0 aromatic carbocycles. The van der Waals surface area contributed by atoms with Crippen LogP contribution in [0.1, 0.15) is 0 Å². The summed E-state index contributed by atoms with van der Waals surface area (Å²) in [5.41, 5.74) is 0.836. The number of rotatable bonds is 1. The maximum absolute atomic E-state index is 5.25. The van der Waals surface area contributed by atoms with Gasteiger partial charge in [0.1, 0.15) is 0 Å². The van der Waals surface area contributed by atoms with Crippen molar-refractivity contribution in [2.45, 2.75) is 0 Å². The molecule has 0 unspecified atom stereocenters. The van der Waals surface area contributed by atoms with Crippen molar-refractivity contribution >= 4 is 9.80 Å². The minimum absolute atomic E-state index is 0.665. The molecule has 11 heavy (non-hydrogen) atoms. The summed E-state index contributed by atoms with van der Waals surface area (Å²) in [6.07, 6.45) is 5.16. The normalized spacial score (nSPS) is 20.2. The van der Waals surface area contributed by atoms with Gasteiger partial charge in [0, 0.05) is 0 Å². The van der Waals surface area contributed by atoms with Crippen LogP contribution in [-0.4, -0.2) is 9.80 Å². The molecule has 1 heterocycles. The van der Waals surface area contributed by atoms with Gasteiger partial charge in [0.25, 0.3) is 0 Å². The van der Waals surface area contributed by atoms with Gasteiger partial charge in [-0.2, -0.15) is 0 Å². The van der Waals surface area contributed by atoms with Crippen molar-refractivity contribution in [3.63, 3.8) is 0 Å². The summed E-state index contributed by atoms with van der Waals surface area (Å²) >= 11 is 1.24. The predicted octanol–water partition coefficient (Wildman–Crippen LogP) is 1.35. The van der Waals surface area contributed by atoms with E-state index >= 15 is 0 Å². The fraction of sp³-hybridized carbons (Fsp3) is 0. The van der Waals surface area contributed by atoms with Crippen molar-refractivity contribution in [3.8, 4) is 0 Å². The molecular weight excluding hydrogens is 310 g/mol. The summed E-state index contributed by atoms with van der Waals surface area (Å²) < 4.78 is 6.09. The summed E-state index contributed by atoms with van der Waals surface area (Å²) in [5, 5.41) is 0. The van der Waals surface area contributed by atoms with Crippen molar-refractivity contribution < 1.29 is 24.1 Å². The van der Waals surface area contributed by atoms with Crippen LogP contribution >= 0.6 is 0 Å². The van der Waals surface area contributed by atoms with E-state index in [0.717, 1.165) is 9.80 Å². The first kappa shape index (κ1) is 8.35. The maximum atomic E-state index is 5.25. The first-order valence-corrected chi connectivity index (χ1v) is 4.48. The average Bonchev–Trinajstić information content (AvgIpc) is 1.95. The zero-order valence-electron chi connectivity index (χ0n) is 5.91. The quantitative estimate of drug-likeness (QED) is 0.715. The molecule has 0 aromatic heterocycles. The van der Waals surface area contributed by atoms with Gasteiger partial charge in [-0.05, 0) is 0 Å². The molecule has 1 aliphatic rings. The van der Waals surface area contributed by atoms with E-state index in [-0.39, 0.29) is 0 Å². The molecule has 1 aliphatic heterocycles. The van der Waals surface area contributed by atoms with Gasteiger partial charge in [-0.15, -0.1) is 0 Å². The van der Waals surface area contributed by atoms with Crippen LogP contribution in [0, 0.1) is 0 Å². The van der Waals surface area contributed by atoms with E-state index < -0.39 is 0 Å². The van der Waals surface area contributed by atoms with Gasteiger partial charge in [-0.1, -0.05) is 0 Å². The fourth-order valence-corrected chi connectivity index (χ4v) is 1.46. The average molecular weight is 317 g/mol. The number of hydrogen-bond acceptors (Lipinski definition) is 2. The third-order valence-electron chi connectivity index (χ3n) is 1.09. The third-order valence-corrected chi connectivity index (χ3v) is 2.14. The number of nitrogens with zero attached hydrogens (tertiary/aromatic N) is 1. The second kappa shape index (κ2) is 3.58. The number of hydrogen-bond donors (Lipinski definition) is 0. The Kier molecular flexibility index (Phi) is 2.72. The molecule has 0 saturated heterocycles. The first-order chi connectivity index (χ1) is 5.24. The summed E-state index contributed by atoms with van der Waals surface area (Å²) in [4.78, 5) is 4.01. The summed E-state index contributed by atoms with van der Waals surface area (Å²) in [6.45, 7) is 7.17. The van der Waals surface area contributed by atoms with Gasteiger partial charge in [0.15, 0.2) is 0 Å². The van der Waals surface area contributed by atoms with Crippen molar-refractivity contribution in [1.29, 1.82) is 0 Å². The minimum atomic E-state index is 0.665. The molecule has 0 radical (unpaired) electrons. The number of aliphatic imine (C=N–C) groups is 1. The van der Waals surface area contributed by atoms with E-state index in [1.807, 2.05) is 6.08 Å². The molecule has 0 spiro atoms. The molecule has 0 amide bonds. The Morgan fingerprint density at radius 1 is 1.55 bits per heavy atom. The molecule has 0 N–H and O–H groups in total. The van der Waals surface area contributed by atoms with Crippen LogP contribution in [0.15, 0.2) is 42.3 Å². The molecule has 1 rings (SSSR count). The van der Waals surface area contributed by atoms with Crippen LogP contribution in [0.2, 0.25) is 0 Å². The molecule has 56 valence electrons. The number of allylic oxidation sites excluding steroid dienone is 1. The Bertz CT molecular complexity index is 276. The van der Waals surface area contributed by atoms with Crippen molar-refractivity contribution in [1.82, 2.24) is 0 Å². The Morgan fingerprint density at radius 3 is 2.82 bits per heavy atom. The van der Waals surface area contributed by atoms with Crippen molar-refractivity contribution in [3.05, 3.63) is 37.3 Å².